The highest BCUT2D eigenvalue weighted by atomic mass is 35.5. The second kappa shape index (κ2) is 5.62. The van der Waals surface area contributed by atoms with Crippen LogP contribution in [-0.4, -0.2) is 0 Å². The first kappa shape index (κ1) is 13.9. The molecule has 0 spiro atoms. The van der Waals surface area contributed by atoms with E-state index in [2.05, 4.69) is 38.2 Å². The van der Waals surface area contributed by atoms with E-state index in [4.69, 9.17) is 11.6 Å². The monoisotopic (exact) mass is 277 g/mol. The van der Waals surface area contributed by atoms with Crippen LogP contribution in [0.5, 0.6) is 0 Å². The van der Waals surface area contributed by atoms with Crippen LogP contribution in [0.2, 0.25) is 5.02 Å². The molecule has 0 aliphatic rings. The topological polar surface area (TPSA) is 12.0 Å². The number of hydrogen-bond donors (Lipinski definition) is 1. The number of benzene rings is 2. The molecule has 2 aromatic carbocycles. The van der Waals surface area contributed by atoms with Crippen LogP contribution in [0.3, 0.4) is 0 Å². The number of aryl methyl sites for hydroxylation is 3. The number of anilines is 1. The highest BCUT2D eigenvalue weighted by Gasteiger charge is 2.05. The number of hydrogen-bond acceptors (Lipinski definition) is 1. The Hall–Kier alpha value is -1.54. The normalized spacial score (nSPS) is 10.6. The molecular weight excluding hydrogens is 261 g/mol. The first-order chi connectivity index (χ1) is 8.97. The fourth-order valence-electron chi connectivity index (χ4n) is 2.29. The van der Waals surface area contributed by atoms with Gasteiger partial charge in [0.1, 0.15) is 5.82 Å². The molecule has 19 heavy (non-hydrogen) atoms. The molecule has 3 heteroatoms. The molecule has 0 bridgehead atoms. The Kier molecular flexibility index (Phi) is 4.11. The van der Waals surface area contributed by atoms with E-state index in [9.17, 15) is 4.39 Å². The molecule has 0 atom stereocenters. The molecule has 2 aromatic rings. The van der Waals surface area contributed by atoms with Gasteiger partial charge in [-0.25, -0.2) is 4.39 Å². The molecule has 0 aromatic heterocycles. The van der Waals surface area contributed by atoms with Crippen molar-refractivity contribution in [2.24, 2.45) is 0 Å². The second-order valence-corrected chi connectivity index (χ2v) is 5.27. The van der Waals surface area contributed by atoms with Crippen LogP contribution in [0.25, 0.3) is 0 Å². The number of rotatable bonds is 3. The molecule has 0 aliphatic carbocycles. The molecule has 0 saturated carbocycles. The van der Waals surface area contributed by atoms with E-state index in [-0.39, 0.29) is 5.02 Å². The van der Waals surface area contributed by atoms with Crippen molar-refractivity contribution in [2.45, 2.75) is 27.3 Å². The lowest BCUT2D eigenvalue weighted by Gasteiger charge is -2.13. The molecule has 0 radical (unpaired) electrons. The number of nitrogens with one attached hydrogen (secondary N) is 1. The van der Waals surface area contributed by atoms with Gasteiger partial charge in [-0.15, -0.1) is 0 Å². The Morgan fingerprint density at radius 1 is 1.05 bits per heavy atom. The Balaban J connectivity index is 2.16. The summed E-state index contributed by atoms with van der Waals surface area (Å²) in [5, 5.41) is 3.38. The average Bonchev–Trinajstić information content (AvgIpc) is 2.32. The zero-order valence-electron chi connectivity index (χ0n) is 11.3. The van der Waals surface area contributed by atoms with Gasteiger partial charge in [0.25, 0.3) is 0 Å². The van der Waals surface area contributed by atoms with Gasteiger partial charge in [0, 0.05) is 12.2 Å². The Morgan fingerprint density at radius 3 is 2.26 bits per heavy atom. The molecular formula is C16H17ClFN. The molecule has 0 unspecified atom stereocenters. The van der Waals surface area contributed by atoms with E-state index >= 15 is 0 Å². The van der Waals surface area contributed by atoms with Crippen molar-refractivity contribution in [2.75, 3.05) is 5.32 Å². The summed E-state index contributed by atoms with van der Waals surface area (Å²) < 4.78 is 13.3. The van der Waals surface area contributed by atoms with E-state index in [1.54, 1.807) is 12.1 Å². The van der Waals surface area contributed by atoms with Crippen LogP contribution < -0.4 is 5.32 Å². The smallest absolute Gasteiger partial charge is 0.143 e. The summed E-state index contributed by atoms with van der Waals surface area (Å²) in [4.78, 5) is 0. The van der Waals surface area contributed by atoms with Crippen molar-refractivity contribution in [3.63, 3.8) is 0 Å². The van der Waals surface area contributed by atoms with E-state index in [0.29, 0.717) is 6.54 Å². The predicted molar refractivity (Wildman–Crippen MR) is 79.4 cm³/mol. The van der Waals surface area contributed by atoms with Gasteiger partial charge >= 0.3 is 0 Å². The predicted octanol–water partition coefficient (Wildman–Crippen LogP) is 5.02. The lowest BCUT2D eigenvalue weighted by atomic mass is 10.00. The lowest BCUT2D eigenvalue weighted by molar-refractivity contribution is 0.628. The molecule has 1 nitrogen and oxygen atoms in total. The van der Waals surface area contributed by atoms with E-state index in [0.717, 1.165) is 5.69 Å². The van der Waals surface area contributed by atoms with Crippen molar-refractivity contribution in [3.8, 4) is 0 Å². The SMILES string of the molecule is Cc1cc(C)c(CNc2ccc(Cl)c(F)c2)c(C)c1. The molecule has 2 rings (SSSR count). The summed E-state index contributed by atoms with van der Waals surface area (Å²) in [6, 6.07) is 9.08. The first-order valence-electron chi connectivity index (χ1n) is 6.23. The summed E-state index contributed by atoms with van der Waals surface area (Å²) in [6.45, 7) is 6.96. The van der Waals surface area contributed by atoms with Crippen LogP contribution in [0.4, 0.5) is 10.1 Å². The maximum absolute atomic E-state index is 13.3. The van der Waals surface area contributed by atoms with Gasteiger partial charge < -0.3 is 5.32 Å². The Bertz CT molecular complexity index is 585. The molecule has 1 N–H and O–H groups in total. The maximum atomic E-state index is 13.3. The molecule has 0 heterocycles. The minimum atomic E-state index is -0.399. The van der Waals surface area contributed by atoms with Crippen molar-refractivity contribution in [3.05, 3.63) is 63.4 Å². The van der Waals surface area contributed by atoms with Gasteiger partial charge in [0.2, 0.25) is 0 Å². The third-order valence-electron chi connectivity index (χ3n) is 3.23. The third-order valence-corrected chi connectivity index (χ3v) is 3.54. The van der Waals surface area contributed by atoms with Crippen LogP contribution in [0.15, 0.2) is 30.3 Å². The van der Waals surface area contributed by atoms with Crippen molar-refractivity contribution in [1.29, 1.82) is 0 Å². The second-order valence-electron chi connectivity index (χ2n) is 4.86. The maximum Gasteiger partial charge on any atom is 0.143 e. The van der Waals surface area contributed by atoms with Gasteiger partial charge in [0.05, 0.1) is 5.02 Å². The van der Waals surface area contributed by atoms with Crippen LogP contribution >= 0.6 is 11.6 Å². The number of halogens is 2. The quantitative estimate of drug-likeness (QED) is 0.831. The molecule has 0 fully saturated rings. The third kappa shape index (κ3) is 3.27. The summed E-state index contributed by atoms with van der Waals surface area (Å²) in [6.07, 6.45) is 0. The van der Waals surface area contributed by atoms with Crippen LogP contribution in [0.1, 0.15) is 22.3 Å². The van der Waals surface area contributed by atoms with Crippen molar-refractivity contribution >= 4 is 17.3 Å². The minimum Gasteiger partial charge on any atom is -0.381 e. The fourth-order valence-corrected chi connectivity index (χ4v) is 2.40. The van der Waals surface area contributed by atoms with Gasteiger partial charge in [-0.1, -0.05) is 29.3 Å². The van der Waals surface area contributed by atoms with Gasteiger partial charge in [0.15, 0.2) is 0 Å². The van der Waals surface area contributed by atoms with Crippen LogP contribution in [-0.2, 0) is 6.54 Å². The molecule has 100 valence electrons. The van der Waals surface area contributed by atoms with Gasteiger partial charge in [-0.3, -0.25) is 0 Å². The Labute approximate surface area is 118 Å². The van der Waals surface area contributed by atoms with Crippen molar-refractivity contribution in [1.82, 2.24) is 0 Å². The van der Waals surface area contributed by atoms with Crippen LogP contribution in [0, 0.1) is 26.6 Å². The van der Waals surface area contributed by atoms with Gasteiger partial charge in [-0.05, 0) is 55.7 Å². The lowest BCUT2D eigenvalue weighted by Crippen LogP contribution is -2.04. The van der Waals surface area contributed by atoms with E-state index < -0.39 is 5.82 Å². The molecule has 0 amide bonds. The highest BCUT2D eigenvalue weighted by Crippen LogP contribution is 2.21. The largest absolute Gasteiger partial charge is 0.381 e. The van der Waals surface area contributed by atoms with Crippen molar-refractivity contribution < 1.29 is 4.39 Å². The molecule has 0 aliphatic heterocycles. The summed E-state index contributed by atoms with van der Waals surface area (Å²) >= 11 is 5.66. The first-order valence-corrected chi connectivity index (χ1v) is 6.61. The molecule has 0 saturated heterocycles. The fraction of sp³-hybridized carbons (Fsp3) is 0.250. The summed E-state index contributed by atoms with van der Waals surface area (Å²) in [5.74, 6) is -0.399. The zero-order valence-corrected chi connectivity index (χ0v) is 12.1. The average molecular weight is 278 g/mol. The Morgan fingerprint density at radius 2 is 1.68 bits per heavy atom. The van der Waals surface area contributed by atoms with E-state index in [1.807, 2.05) is 0 Å². The highest BCUT2D eigenvalue weighted by molar-refractivity contribution is 6.30. The summed E-state index contributed by atoms with van der Waals surface area (Å²) in [7, 11) is 0. The van der Waals surface area contributed by atoms with E-state index in [1.165, 1.54) is 28.3 Å². The minimum absolute atomic E-state index is 0.147. The standard InChI is InChI=1S/C16H17ClFN/c1-10-6-11(2)14(12(3)7-10)9-19-13-4-5-15(17)16(18)8-13/h4-8,19H,9H2,1-3H3. The van der Waals surface area contributed by atoms with Gasteiger partial charge in [-0.2, -0.15) is 0 Å². The summed E-state index contributed by atoms with van der Waals surface area (Å²) in [5.41, 5.74) is 5.75. The zero-order chi connectivity index (χ0) is 14.0.